The topological polar surface area (TPSA) is 95.5 Å². The molecule has 114 valence electrons. The van der Waals surface area contributed by atoms with E-state index in [0.29, 0.717) is 5.69 Å². The van der Waals surface area contributed by atoms with Gasteiger partial charge in [0.2, 0.25) is 11.8 Å². The highest BCUT2D eigenvalue weighted by Gasteiger charge is 2.09. The molecule has 0 fully saturated rings. The predicted octanol–water partition coefficient (Wildman–Crippen LogP) is 1.79. The average Bonchev–Trinajstić information content (AvgIpc) is 2.40. The first-order chi connectivity index (χ1) is 9.88. The molecule has 0 aliphatic carbocycles. The lowest BCUT2D eigenvalue weighted by Crippen LogP contribution is -2.27. The molecule has 0 heterocycles. The van der Waals surface area contributed by atoms with Crippen LogP contribution in [-0.4, -0.2) is 29.4 Å². The van der Waals surface area contributed by atoms with E-state index in [1.165, 1.54) is 12.1 Å². The van der Waals surface area contributed by atoms with Gasteiger partial charge in [0.15, 0.2) is 0 Å². The van der Waals surface area contributed by atoms with Crippen LogP contribution in [0.2, 0.25) is 5.02 Å². The molecule has 0 unspecified atom stereocenters. The maximum atomic E-state index is 12.9. The summed E-state index contributed by atoms with van der Waals surface area (Å²) < 4.78 is 12.9. The van der Waals surface area contributed by atoms with Crippen molar-refractivity contribution in [3.05, 3.63) is 29.0 Å². The van der Waals surface area contributed by atoms with E-state index in [2.05, 4.69) is 10.6 Å². The van der Waals surface area contributed by atoms with Crippen molar-refractivity contribution in [2.24, 2.45) is 0 Å². The van der Waals surface area contributed by atoms with E-state index in [9.17, 15) is 18.8 Å². The van der Waals surface area contributed by atoms with Crippen LogP contribution in [0, 0.1) is 5.82 Å². The van der Waals surface area contributed by atoms with Crippen molar-refractivity contribution in [3.8, 4) is 0 Å². The number of halogens is 2. The van der Waals surface area contributed by atoms with Crippen molar-refractivity contribution < 1.29 is 23.9 Å². The zero-order valence-corrected chi connectivity index (χ0v) is 11.7. The summed E-state index contributed by atoms with van der Waals surface area (Å²) in [5.41, 5.74) is 0.331. The second kappa shape index (κ2) is 8.21. The molecule has 2 amide bonds. The molecule has 1 aromatic rings. The molecule has 6 nitrogen and oxygen atoms in total. The van der Waals surface area contributed by atoms with Crippen LogP contribution in [0.25, 0.3) is 0 Å². The average molecular weight is 317 g/mol. The first-order valence-electron chi connectivity index (χ1n) is 6.12. The molecule has 0 atom stereocenters. The Morgan fingerprint density at radius 2 is 1.81 bits per heavy atom. The second-order valence-corrected chi connectivity index (χ2v) is 4.58. The van der Waals surface area contributed by atoms with E-state index >= 15 is 0 Å². The molecule has 3 N–H and O–H groups in total. The number of carboxylic acid groups (broad SMARTS) is 1. The summed E-state index contributed by atoms with van der Waals surface area (Å²) in [7, 11) is 0. The summed E-state index contributed by atoms with van der Waals surface area (Å²) in [6, 6.07) is 3.74. The Morgan fingerprint density at radius 1 is 1.14 bits per heavy atom. The second-order valence-electron chi connectivity index (χ2n) is 4.17. The number of nitrogens with one attached hydrogen (secondary N) is 2. The number of amides is 2. The summed E-state index contributed by atoms with van der Waals surface area (Å²) in [5.74, 6) is -2.44. The van der Waals surface area contributed by atoms with Crippen molar-refractivity contribution in [2.75, 3.05) is 11.9 Å². The molecule has 0 saturated carbocycles. The number of rotatable bonds is 7. The quantitative estimate of drug-likeness (QED) is 0.714. The fraction of sp³-hybridized carbons (Fsp3) is 0.308. The fourth-order valence-corrected chi connectivity index (χ4v) is 1.60. The molecule has 0 aliphatic rings. The third kappa shape index (κ3) is 6.71. The summed E-state index contributed by atoms with van der Waals surface area (Å²) in [5, 5.41) is 13.1. The number of hydrogen-bond acceptors (Lipinski definition) is 3. The van der Waals surface area contributed by atoms with Crippen LogP contribution in [0.3, 0.4) is 0 Å². The highest BCUT2D eigenvalue weighted by Crippen LogP contribution is 2.19. The van der Waals surface area contributed by atoms with Gasteiger partial charge in [-0.05, 0) is 18.2 Å². The number of carbonyl (C=O) groups excluding carboxylic acids is 2. The predicted molar refractivity (Wildman–Crippen MR) is 74.5 cm³/mol. The first-order valence-corrected chi connectivity index (χ1v) is 6.49. The van der Waals surface area contributed by atoms with E-state index < -0.39 is 23.6 Å². The number of carbonyl (C=O) groups is 3. The molecule has 0 radical (unpaired) electrons. The Hall–Kier alpha value is -2.15. The lowest BCUT2D eigenvalue weighted by atomic mass is 10.2. The van der Waals surface area contributed by atoms with Crippen LogP contribution >= 0.6 is 11.6 Å². The molecular formula is C13H14ClFN2O4. The number of anilines is 1. The number of hydrogen-bond donors (Lipinski definition) is 3. The van der Waals surface area contributed by atoms with Gasteiger partial charge in [-0.2, -0.15) is 0 Å². The monoisotopic (exact) mass is 316 g/mol. The number of aliphatic carboxylic acids is 1. The Kier molecular flexibility index (Phi) is 6.61. The fourth-order valence-electron chi connectivity index (χ4n) is 1.42. The highest BCUT2D eigenvalue weighted by atomic mass is 35.5. The zero-order valence-electron chi connectivity index (χ0n) is 11.0. The summed E-state index contributed by atoms with van der Waals surface area (Å²) in [6.45, 7) is 0.0172. The number of carboxylic acids is 1. The minimum atomic E-state index is -1.01. The molecule has 0 bridgehead atoms. The van der Waals surface area contributed by atoms with Crippen molar-refractivity contribution in [1.82, 2.24) is 5.32 Å². The van der Waals surface area contributed by atoms with Gasteiger partial charge in [-0.3, -0.25) is 14.4 Å². The highest BCUT2D eigenvalue weighted by molar-refractivity contribution is 6.31. The van der Waals surface area contributed by atoms with Crippen molar-refractivity contribution in [1.29, 1.82) is 0 Å². The Morgan fingerprint density at radius 3 is 2.43 bits per heavy atom. The van der Waals surface area contributed by atoms with Gasteiger partial charge < -0.3 is 15.7 Å². The van der Waals surface area contributed by atoms with Crippen LogP contribution in [0.15, 0.2) is 18.2 Å². The van der Waals surface area contributed by atoms with Gasteiger partial charge in [-0.1, -0.05) is 11.6 Å². The molecule has 0 saturated heterocycles. The van der Waals surface area contributed by atoms with Crippen molar-refractivity contribution >= 4 is 35.1 Å². The standard InChI is InChI=1S/C13H14ClFN2O4/c14-9-7-8(1-2-10(9)15)17-12(19)4-3-11(18)16-6-5-13(20)21/h1-2,7H,3-6H2,(H,16,18)(H,17,19)(H,20,21). The van der Waals surface area contributed by atoms with E-state index in [0.717, 1.165) is 6.07 Å². The van der Waals surface area contributed by atoms with Crippen LogP contribution in [0.4, 0.5) is 10.1 Å². The number of benzene rings is 1. The smallest absolute Gasteiger partial charge is 0.305 e. The first kappa shape index (κ1) is 16.9. The molecule has 0 aromatic heterocycles. The molecule has 1 rings (SSSR count). The minimum Gasteiger partial charge on any atom is -0.481 e. The normalized spacial score (nSPS) is 10.0. The third-order valence-corrected chi connectivity index (χ3v) is 2.73. The van der Waals surface area contributed by atoms with Gasteiger partial charge >= 0.3 is 5.97 Å². The molecule has 21 heavy (non-hydrogen) atoms. The Labute approximate surface area is 125 Å². The van der Waals surface area contributed by atoms with Crippen LogP contribution in [-0.2, 0) is 14.4 Å². The maximum Gasteiger partial charge on any atom is 0.305 e. The SMILES string of the molecule is O=C(O)CCNC(=O)CCC(=O)Nc1ccc(F)c(Cl)c1. The van der Waals surface area contributed by atoms with Crippen LogP contribution in [0.5, 0.6) is 0 Å². The van der Waals surface area contributed by atoms with Gasteiger partial charge in [-0.15, -0.1) is 0 Å². The van der Waals surface area contributed by atoms with Crippen molar-refractivity contribution in [3.63, 3.8) is 0 Å². The van der Waals surface area contributed by atoms with Gasteiger partial charge in [0.25, 0.3) is 0 Å². The third-order valence-electron chi connectivity index (χ3n) is 2.44. The molecule has 0 spiro atoms. The summed E-state index contributed by atoms with van der Waals surface area (Å²) >= 11 is 5.57. The van der Waals surface area contributed by atoms with Gasteiger partial charge in [0.05, 0.1) is 11.4 Å². The largest absolute Gasteiger partial charge is 0.481 e. The molecule has 8 heteroatoms. The zero-order chi connectivity index (χ0) is 15.8. The van der Waals surface area contributed by atoms with Crippen LogP contribution in [0.1, 0.15) is 19.3 Å². The van der Waals surface area contributed by atoms with Gasteiger partial charge in [0, 0.05) is 25.1 Å². The Bertz CT molecular complexity index is 551. The maximum absolute atomic E-state index is 12.9. The van der Waals surface area contributed by atoms with E-state index in [4.69, 9.17) is 16.7 Å². The van der Waals surface area contributed by atoms with Gasteiger partial charge in [0.1, 0.15) is 5.82 Å². The lowest BCUT2D eigenvalue weighted by Gasteiger charge is -2.06. The molecule has 0 aliphatic heterocycles. The van der Waals surface area contributed by atoms with E-state index in [1.807, 2.05) is 0 Å². The van der Waals surface area contributed by atoms with E-state index in [-0.39, 0.29) is 30.8 Å². The van der Waals surface area contributed by atoms with Crippen LogP contribution < -0.4 is 10.6 Å². The lowest BCUT2D eigenvalue weighted by molar-refractivity contribution is -0.137. The summed E-state index contributed by atoms with van der Waals surface area (Å²) in [6.07, 6.45) is -0.319. The minimum absolute atomic E-state index is 0.0172. The summed E-state index contributed by atoms with van der Waals surface area (Å²) in [4.78, 5) is 33.1. The molecule has 1 aromatic carbocycles. The Balaban J connectivity index is 2.32. The van der Waals surface area contributed by atoms with E-state index in [1.54, 1.807) is 0 Å². The molecular weight excluding hydrogens is 303 g/mol. The van der Waals surface area contributed by atoms with Crippen molar-refractivity contribution in [2.45, 2.75) is 19.3 Å². The van der Waals surface area contributed by atoms with Gasteiger partial charge in [-0.25, -0.2) is 4.39 Å².